The van der Waals surface area contributed by atoms with Crippen molar-refractivity contribution in [1.82, 2.24) is 4.90 Å². The van der Waals surface area contributed by atoms with Gasteiger partial charge in [0.1, 0.15) is 5.60 Å². The number of carbonyl (C=O) groups excluding carboxylic acids is 2. The molecule has 0 radical (unpaired) electrons. The number of carbonyl (C=O) groups is 2. The summed E-state index contributed by atoms with van der Waals surface area (Å²) >= 11 is 0. The summed E-state index contributed by atoms with van der Waals surface area (Å²) in [7, 11) is 1.80. The fourth-order valence-corrected chi connectivity index (χ4v) is 1.06. The van der Waals surface area contributed by atoms with E-state index in [4.69, 9.17) is 4.74 Å². The standard InChI is InChI=1S/C12H21NO3.C2H6/c1-10(14)7-6-8-13(5)9-11(15)16-12(2,3)4;1-2/h6-7H,8-9H2,1-5H3;1-2H3/b7-6+;. The van der Waals surface area contributed by atoms with Crippen LogP contribution < -0.4 is 0 Å². The van der Waals surface area contributed by atoms with E-state index < -0.39 is 5.60 Å². The van der Waals surface area contributed by atoms with Crippen LogP contribution in [0.15, 0.2) is 12.2 Å². The van der Waals surface area contributed by atoms with Gasteiger partial charge >= 0.3 is 5.97 Å². The third-order valence-corrected chi connectivity index (χ3v) is 1.59. The van der Waals surface area contributed by atoms with Crippen LogP contribution in [0.5, 0.6) is 0 Å². The number of hydrogen-bond donors (Lipinski definition) is 0. The number of rotatable bonds is 5. The zero-order valence-corrected chi connectivity index (χ0v) is 12.7. The van der Waals surface area contributed by atoms with Crippen molar-refractivity contribution < 1.29 is 14.3 Å². The first-order valence-electron chi connectivity index (χ1n) is 6.28. The highest BCUT2D eigenvalue weighted by Gasteiger charge is 2.16. The number of ether oxygens (including phenoxy) is 1. The summed E-state index contributed by atoms with van der Waals surface area (Å²) in [4.78, 5) is 23.8. The maximum absolute atomic E-state index is 11.4. The van der Waals surface area contributed by atoms with Gasteiger partial charge in [0.25, 0.3) is 0 Å². The molecule has 18 heavy (non-hydrogen) atoms. The van der Waals surface area contributed by atoms with E-state index in [1.54, 1.807) is 18.0 Å². The van der Waals surface area contributed by atoms with E-state index in [0.29, 0.717) is 6.54 Å². The number of allylic oxidation sites excluding steroid dienone is 1. The van der Waals surface area contributed by atoms with Gasteiger partial charge < -0.3 is 4.74 Å². The van der Waals surface area contributed by atoms with Gasteiger partial charge in [0.05, 0.1) is 6.54 Å². The van der Waals surface area contributed by atoms with E-state index in [9.17, 15) is 9.59 Å². The molecular weight excluding hydrogens is 230 g/mol. The second kappa shape index (κ2) is 9.83. The van der Waals surface area contributed by atoms with Crippen molar-refractivity contribution in [3.8, 4) is 0 Å². The van der Waals surface area contributed by atoms with Gasteiger partial charge in [-0.05, 0) is 40.8 Å². The number of ketones is 1. The maximum atomic E-state index is 11.4. The minimum atomic E-state index is -0.451. The highest BCUT2D eigenvalue weighted by molar-refractivity contribution is 5.87. The molecule has 0 spiro atoms. The summed E-state index contributed by atoms with van der Waals surface area (Å²) < 4.78 is 5.16. The number of esters is 1. The van der Waals surface area contributed by atoms with Crippen LogP contribution in [0.3, 0.4) is 0 Å². The average Bonchev–Trinajstić information content (AvgIpc) is 2.16. The Kier molecular flexibility index (Phi) is 10.5. The first-order chi connectivity index (χ1) is 8.20. The Bertz CT molecular complexity index is 277. The molecule has 0 aromatic rings. The quantitative estimate of drug-likeness (QED) is 0.560. The van der Waals surface area contributed by atoms with Crippen LogP contribution in [-0.4, -0.2) is 42.4 Å². The molecule has 0 aromatic carbocycles. The Morgan fingerprint density at radius 2 is 1.72 bits per heavy atom. The van der Waals surface area contributed by atoms with E-state index in [1.807, 2.05) is 34.6 Å². The molecule has 0 rings (SSSR count). The smallest absolute Gasteiger partial charge is 0.320 e. The number of nitrogens with zero attached hydrogens (tertiary/aromatic N) is 1. The third kappa shape index (κ3) is 14.8. The molecule has 0 aliphatic heterocycles. The highest BCUT2D eigenvalue weighted by Crippen LogP contribution is 2.06. The predicted octanol–water partition coefficient (Wildman–Crippen LogP) is 2.43. The Balaban J connectivity index is 0. The Labute approximate surface area is 111 Å². The molecule has 0 heterocycles. The summed E-state index contributed by atoms with van der Waals surface area (Å²) in [6.45, 7) is 11.8. The largest absolute Gasteiger partial charge is 0.459 e. The van der Waals surface area contributed by atoms with E-state index >= 15 is 0 Å². The van der Waals surface area contributed by atoms with Crippen LogP contribution in [-0.2, 0) is 14.3 Å². The Morgan fingerprint density at radius 3 is 2.11 bits per heavy atom. The zero-order chi connectivity index (χ0) is 14.8. The molecule has 0 aliphatic carbocycles. The lowest BCUT2D eigenvalue weighted by atomic mass is 10.2. The summed E-state index contributed by atoms with van der Waals surface area (Å²) in [5, 5.41) is 0. The monoisotopic (exact) mass is 257 g/mol. The first kappa shape index (κ1) is 19.2. The molecule has 0 saturated heterocycles. The van der Waals surface area contributed by atoms with Crippen LogP contribution in [0.4, 0.5) is 0 Å². The molecule has 0 amide bonds. The molecule has 0 atom stereocenters. The Morgan fingerprint density at radius 1 is 1.22 bits per heavy atom. The van der Waals surface area contributed by atoms with Gasteiger partial charge in [-0.25, -0.2) is 0 Å². The van der Waals surface area contributed by atoms with Crippen molar-refractivity contribution in [2.75, 3.05) is 20.1 Å². The highest BCUT2D eigenvalue weighted by atomic mass is 16.6. The topological polar surface area (TPSA) is 46.6 Å². The van der Waals surface area contributed by atoms with Gasteiger partial charge in [-0.2, -0.15) is 0 Å². The van der Waals surface area contributed by atoms with Gasteiger partial charge in [0, 0.05) is 6.54 Å². The van der Waals surface area contributed by atoms with Crippen LogP contribution in [0.2, 0.25) is 0 Å². The molecule has 4 heteroatoms. The van der Waals surface area contributed by atoms with Crippen molar-refractivity contribution in [3.63, 3.8) is 0 Å². The molecule has 4 nitrogen and oxygen atoms in total. The molecule has 0 fully saturated rings. The molecule has 0 unspecified atom stereocenters. The molecular formula is C14H27NO3. The number of hydrogen-bond acceptors (Lipinski definition) is 4. The second-order valence-electron chi connectivity index (χ2n) is 4.80. The summed E-state index contributed by atoms with van der Waals surface area (Å²) in [5.41, 5.74) is -0.451. The van der Waals surface area contributed by atoms with E-state index in [1.165, 1.54) is 13.0 Å². The van der Waals surface area contributed by atoms with Crippen LogP contribution in [0, 0.1) is 0 Å². The lowest BCUT2D eigenvalue weighted by Gasteiger charge is -2.21. The van der Waals surface area contributed by atoms with Gasteiger partial charge in [-0.1, -0.05) is 19.9 Å². The predicted molar refractivity (Wildman–Crippen MR) is 74.5 cm³/mol. The molecule has 0 bridgehead atoms. The van der Waals surface area contributed by atoms with Crippen molar-refractivity contribution in [3.05, 3.63) is 12.2 Å². The molecule has 106 valence electrons. The van der Waals surface area contributed by atoms with Crippen molar-refractivity contribution in [2.45, 2.75) is 47.1 Å². The second-order valence-corrected chi connectivity index (χ2v) is 4.80. The van der Waals surface area contributed by atoms with E-state index in [0.717, 1.165) is 0 Å². The molecule has 0 aliphatic rings. The molecule has 0 saturated carbocycles. The fourth-order valence-electron chi connectivity index (χ4n) is 1.06. The van der Waals surface area contributed by atoms with Crippen molar-refractivity contribution in [1.29, 1.82) is 0 Å². The number of likely N-dealkylation sites (N-methyl/N-ethyl adjacent to an activating group) is 1. The van der Waals surface area contributed by atoms with Crippen molar-refractivity contribution in [2.24, 2.45) is 0 Å². The van der Waals surface area contributed by atoms with Gasteiger partial charge in [-0.15, -0.1) is 0 Å². The molecule has 0 aromatic heterocycles. The average molecular weight is 257 g/mol. The van der Waals surface area contributed by atoms with E-state index in [-0.39, 0.29) is 18.3 Å². The lowest BCUT2D eigenvalue weighted by molar-refractivity contribution is -0.155. The van der Waals surface area contributed by atoms with Crippen molar-refractivity contribution >= 4 is 11.8 Å². The minimum absolute atomic E-state index is 0.00525. The third-order valence-electron chi connectivity index (χ3n) is 1.59. The minimum Gasteiger partial charge on any atom is -0.459 e. The van der Waals surface area contributed by atoms with Gasteiger partial charge in [0.2, 0.25) is 0 Å². The van der Waals surface area contributed by atoms with Gasteiger partial charge in [0.15, 0.2) is 5.78 Å². The van der Waals surface area contributed by atoms with Crippen LogP contribution in [0.1, 0.15) is 41.5 Å². The molecule has 0 N–H and O–H groups in total. The van der Waals surface area contributed by atoms with E-state index in [2.05, 4.69) is 0 Å². The summed E-state index contributed by atoms with van der Waals surface area (Å²) in [6.07, 6.45) is 3.22. The fraction of sp³-hybridized carbons (Fsp3) is 0.714. The zero-order valence-electron chi connectivity index (χ0n) is 12.7. The maximum Gasteiger partial charge on any atom is 0.320 e. The van der Waals surface area contributed by atoms with Crippen LogP contribution in [0.25, 0.3) is 0 Å². The SMILES string of the molecule is CC.CC(=O)/C=C/CN(C)CC(=O)OC(C)(C)C. The lowest BCUT2D eigenvalue weighted by Crippen LogP contribution is -2.32. The summed E-state index contributed by atoms with van der Waals surface area (Å²) in [5.74, 6) is -0.253. The van der Waals surface area contributed by atoms with Gasteiger partial charge in [-0.3, -0.25) is 14.5 Å². The first-order valence-corrected chi connectivity index (χ1v) is 6.28. The Hall–Kier alpha value is -1.16. The normalized spacial score (nSPS) is 11.1. The summed E-state index contributed by atoms with van der Waals surface area (Å²) in [6, 6.07) is 0. The van der Waals surface area contributed by atoms with Crippen LogP contribution >= 0.6 is 0 Å².